The molecule has 2 heterocycles. The van der Waals surface area contributed by atoms with Crippen LogP contribution in [0.5, 0.6) is 5.88 Å². The molecule has 0 radical (unpaired) electrons. The second-order valence-electron chi connectivity index (χ2n) is 4.98. The zero-order valence-electron chi connectivity index (χ0n) is 11.6. The molecular weight excluding hydrogens is 242 g/mol. The Kier molecular flexibility index (Phi) is 4.71. The molecule has 19 heavy (non-hydrogen) atoms. The molecule has 0 N–H and O–H groups in total. The van der Waals surface area contributed by atoms with E-state index in [4.69, 9.17) is 4.74 Å². The Morgan fingerprint density at radius 1 is 1.47 bits per heavy atom. The van der Waals surface area contributed by atoms with Gasteiger partial charge in [0, 0.05) is 25.5 Å². The number of aryl methyl sites for hydroxylation is 1. The van der Waals surface area contributed by atoms with Crippen molar-refractivity contribution in [1.82, 2.24) is 15.1 Å². The van der Waals surface area contributed by atoms with Crippen molar-refractivity contribution in [1.29, 1.82) is 0 Å². The summed E-state index contributed by atoms with van der Waals surface area (Å²) in [5, 5.41) is 7.95. The van der Waals surface area contributed by atoms with Crippen LogP contribution in [0.1, 0.15) is 38.3 Å². The number of carbonyl (C=O) groups excluding carboxylic acids is 1. The largest absolute Gasteiger partial charge is 0.471 e. The van der Waals surface area contributed by atoms with E-state index >= 15 is 0 Å². The lowest BCUT2D eigenvalue weighted by molar-refractivity contribution is -0.130. The van der Waals surface area contributed by atoms with Gasteiger partial charge in [-0.15, -0.1) is 5.10 Å². The summed E-state index contributed by atoms with van der Waals surface area (Å²) >= 11 is 0. The van der Waals surface area contributed by atoms with Crippen molar-refractivity contribution in [3.05, 3.63) is 17.8 Å². The van der Waals surface area contributed by atoms with Gasteiger partial charge in [-0.1, -0.05) is 13.3 Å². The Balaban J connectivity index is 1.81. The van der Waals surface area contributed by atoms with Gasteiger partial charge in [0.25, 0.3) is 0 Å². The number of unbranched alkanes of at least 4 members (excludes halogenated alkanes) is 1. The summed E-state index contributed by atoms with van der Waals surface area (Å²) in [5.74, 6) is 0.779. The van der Waals surface area contributed by atoms with E-state index in [1.54, 1.807) is 0 Å². The van der Waals surface area contributed by atoms with Crippen LogP contribution in [0.2, 0.25) is 0 Å². The van der Waals surface area contributed by atoms with E-state index in [-0.39, 0.29) is 12.0 Å². The van der Waals surface area contributed by atoms with Crippen LogP contribution in [0.4, 0.5) is 0 Å². The summed E-state index contributed by atoms with van der Waals surface area (Å²) < 4.78 is 5.75. The third kappa shape index (κ3) is 3.91. The maximum absolute atomic E-state index is 11.9. The molecule has 1 amide bonds. The van der Waals surface area contributed by atoms with Gasteiger partial charge in [-0.2, -0.15) is 5.10 Å². The van der Waals surface area contributed by atoms with Crippen molar-refractivity contribution in [3.8, 4) is 5.88 Å². The van der Waals surface area contributed by atoms with Crippen LogP contribution in [0.15, 0.2) is 12.1 Å². The van der Waals surface area contributed by atoms with E-state index in [1.807, 2.05) is 24.0 Å². The lowest BCUT2D eigenvalue weighted by Gasteiger charge is -2.16. The Hall–Kier alpha value is -1.65. The van der Waals surface area contributed by atoms with E-state index in [0.717, 1.165) is 31.5 Å². The molecule has 5 heteroatoms. The smallest absolute Gasteiger partial charge is 0.233 e. The number of hydrogen-bond donors (Lipinski definition) is 0. The second kappa shape index (κ2) is 6.50. The first-order chi connectivity index (χ1) is 9.19. The SMILES string of the molecule is CCCCC(=O)N1CCC(Oc2ccc(C)nn2)C1. The van der Waals surface area contributed by atoms with Crippen LogP contribution in [-0.2, 0) is 4.79 Å². The quantitative estimate of drug-likeness (QED) is 0.815. The number of aromatic nitrogens is 2. The zero-order valence-corrected chi connectivity index (χ0v) is 11.6. The lowest BCUT2D eigenvalue weighted by Crippen LogP contribution is -2.30. The van der Waals surface area contributed by atoms with Crippen molar-refractivity contribution in [2.24, 2.45) is 0 Å². The maximum atomic E-state index is 11.9. The number of ether oxygens (including phenoxy) is 1. The molecule has 5 nitrogen and oxygen atoms in total. The van der Waals surface area contributed by atoms with Crippen molar-refractivity contribution in [2.75, 3.05) is 13.1 Å². The van der Waals surface area contributed by atoms with Gasteiger partial charge in [-0.25, -0.2) is 0 Å². The molecule has 1 unspecified atom stereocenters. The molecule has 0 saturated carbocycles. The normalized spacial score (nSPS) is 18.6. The summed E-state index contributed by atoms with van der Waals surface area (Å²) in [6.45, 7) is 5.43. The van der Waals surface area contributed by atoms with Crippen molar-refractivity contribution < 1.29 is 9.53 Å². The standard InChI is InChI=1S/C14H21N3O2/c1-3-4-5-14(18)17-9-8-12(10-17)19-13-7-6-11(2)15-16-13/h6-7,12H,3-5,8-10H2,1-2H3. The van der Waals surface area contributed by atoms with Crippen molar-refractivity contribution >= 4 is 5.91 Å². The third-order valence-electron chi connectivity index (χ3n) is 3.30. The van der Waals surface area contributed by atoms with Gasteiger partial charge in [-0.3, -0.25) is 4.79 Å². The minimum atomic E-state index is 0.0441. The number of rotatable bonds is 5. The maximum Gasteiger partial charge on any atom is 0.233 e. The van der Waals surface area contributed by atoms with Gasteiger partial charge in [-0.05, 0) is 19.4 Å². The van der Waals surface area contributed by atoms with Gasteiger partial charge >= 0.3 is 0 Å². The monoisotopic (exact) mass is 263 g/mol. The highest BCUT2D eigenvalue weighted by Crippen LogP contribution is 2.17. The molecule has 1 saturated heterocycles. The fourth-order valence-electron chi connectivity index (χ4n) is 2.16. The molecule has 0 bridgehead atoms. The van der Waals surface area contributed by atoms with Gasteiger partial charge in [0.05, 0.1) is 12.2 Å². The van der Waals surface area contributed by atoms with Crippen LogP contribution in [0.25, 0.3) is 0 Å². The third-order valence-corrected chi connectivity index (χ3v) is 3.30. The average Bonchev–Trinajstić information content (AvgIpc) is 2.87. The van der Waals surface area contributed by atoms with Gasteiger partial charge in [0.1, 0.15) is 6.10 Å². The van der Waals surface area contributed by atoms with E-state index in [0.29, 0.717) is 18.8 Å². The molecule has 1 aliphatic rings. The first kappa shape index (κ1) is 13.8. The summed E-state index contributed by atoms with van der Waals surface area (Å²) in [7, 11) is 0. The molecule has 104 valence electrons. The molecule has 0 aliphatic carbocycles. The molecular formula is C14H21N3O2. The van der Waals surface area contributed by atoms with E-state index in [1.165, 1.54) is 0 Å². The molecule has 0 aromatic carbocycles. The highest BCUT2D eigenvalue weighted by atomic mass is 16.5. The average molecular weight is 263 g/mol. The Morgan fingerprint density at radius 2 is 2.32 bits per heavy atom. The number of amides is 1. The summed E-state index contributed by atoms with van der Waals surface area (Å²) in [6.07, 6.45) is 3.58. The summed E-state index contributed by atoms with van der Waals surface area (Å²) in [5.41, 5.74) is 0.871. The highest BCUT2D eigenvalue weighted by molar-refractivity contribution is 5.76. The second-order valence-corrected chi connectivity index (χ2v) is 4.98. The van der Waals surface area contributed by atoms with Crippen LogP contribution >= 0.6 is 0 Å². The van der Waals surface area contributed by atoms with Crippen molar-refractivity contribution in [3.63, 3.8) is 0 Å². The topological polar surface area (TPSA) is 55.3 Å². The number of carbonyl (C=O) groups is 1. The molecule has 1 aromatic rings. The summed E-state index contributed by atoms with van der Waals surface area (Å²) in [4.78, 5) is 13.8. The Morgan fingerprint density at radius 3 is 3.00 bits per heavy atom. The van der Waals surface area contributed by atoms with Gasteiger partial charge < -0.3 is 9.64 Å². The van der Waals surface area contributed by atoms with Crippen LogP contribution in [0, 0.1) is 6.92 Å². The van der Waals surface area contributed by atoms with Crippen LogP contribution in [0.3, 0.4) is 0 Å². The number of hydrogen-bond acceptors (Lipinski definition) is 4. The fourth-order valence-corrected chi connectivity index (χ4v) is 2.16. The van der Waals surface area contributed by atoms with E-state index in [2.05, 4.69) is 17.1 Å². The predicted octanol–water partition coefficient (Wildman–Crippen LogP) is 1.95. The Labute approximate surface area is 114 Å². The van der Waals surface area contributed by atoms with Gasteiger partial charge in [0.2, 0.25) is 11.8 Å². The van der Waals surface area contributed by atoms with Crippen LogP contribution < -0.4 is 4.74 Å². The minimum Gasteiger partial charge on any atom is -0.471 e. The molecule has 1 aromatic heterocycles. The van der Waals surface area contributed by atoms with Crippen LogP contribution in [-0.4, -0.2) is 40.2 Å². The van der Waals surface area contributed by atoms with Gasteiger partial charge in [0.15, 0.2) is 0 Å². The highest BCUT2D eigenvalue weighted by Gasteiger charge is 2.27. The molecule has 2 rings (SSSR count). The van der Waals surface area contributed by atoms with E-state index < -0.39 is 0 Å². The Bertz CT molecular complexity index is 419. The first-order valence-electron chi connectivity index (χ1n) is 6.94. The first-order valence-corrected chi connectivity index (χ1v) is 6.94. The molecule has 1 atom stereocenters. The summed E-state index contributed by atoms with van der Waals surface area (Å²) in [6, 6.07) is 3.70. The molecule has 1 aliphatic heterocycles. The molecule has 1 fully saturated rings. The minimum absolute atomic E-state index is 0.0441. The molecule has 0 spiro atoms. The number of nitrogens with zero attached hydrogens (tertiary/aromatic N) is 3. The predicted molar refractivity (Wildman–Crippen MR) is 71.9 cm³/mol. The van der Waals surface area contributed by atoms with E-state index in [9.17, 15) is 4.79 Å². The zero-order chi connectivity index (χ0) is 13.7. The lowest BCUT2D eigenvalue weighted by atomic mass is 10.2. The van der Waals surface area contributed by atoms with Crippen molar-refractivity contribution in [2.45, 2.75) is 45.6 Å². The number of likely N-dealkylation sites (tertiary alicyclic amines) is 1. The fraction of sp³-hybridized carbons (Fsp3) is 0.643.